The number of nitrogens with zero attached hydrogens (tertiary/aromatic N) is 1. The number of hydrogen-bond donors (Lipinski definition) is 2. The van der Waals surface area contributed by atoms with Crippen LogP contribution in [0.5, 0.6) is 0 Å². The van der Waals surface area contributed by atoms with Gasteiger partial charge in [0.1, 0.15) is 0 Å². The van der Waals surface area contributed by atoms with Gasteiger partial charge in [-0.2, -0.15) is 0 Å². The molecule has 2 N–H and O–H groups in total. The van der Waals surface area contributed by atoms with Crippen LogP contribution < -0.4 is 10.6 Å². The van der Waals surface area contributed by atoms with Crippen molar-refractivity contribution in [2.75, 3.05) is 19.6 Å². The average molecular weight is 280 g/mol. The van der Waals surface area contributed by atoms with E-state index >= 15 is 0 Å². The zero-order valence-corrected chi connectivity index (χ0v) is 12.2. The first-order valence-corrected chi connectivity index (χ1v) is 7.42. The van der Waals surface area contributed by atoms with Crippen molar-refractivity contribution in [1.82, 2.24) is 10.6 Å². The molecule has 0 aliphatic heterocycles. The van der Waals surface area contributed by atoms with Crippen LogP contribution in [0.15, 0.2) is 29.3 Å². The van der Waals surface area contributed by atoms with Crippen LogP contribution in [0.2, 0.25) is 5.02 Å². The van der Waals surface area contributed by atoms with Crippen molar-refractivity contribution in [1.29, 1.82) is 0 Å². The normalized spacial score (nSPS) is 15.4. The van der Waals surface area contributed by atoms with Crippen molar-refractivity contribution in [2.45, 2.75) is 26.2 Å². The zero-order chi connectivity index (χ0) is 13.5. The van der Waals surface area contributed by atoms with E-state index in [9.17, 15) is 0 Å². The first kappa shape index (κ1) is 14.2. The molecular weight excluding hydrogens is 258 g/mol. The molecule has 1 aromatic carbocycles. The molecule has 0 saturated heterocycles. The summed E-state index contributed by atoms with van der Waals surface area (Å²) in [6.45, 7) is 4.83. The highest BCUT2D eigenvalue weighted by Crippen LogP contribution is 2.28. The van der Waals surface area contributed by atoms with Crippen molar-refractivity contribution in [3.8, 4) is 0 Å². The quantitative estimate of drug-likeness (QED) is 0.621. The lowest BCUT2D eigenvalue weighted by Crippen LogP contribution is -2.38. The van der Waals surface area contributed by atoms with E-state index < -0.39 is 0 Å². The number of aliphatic imine (C=N–C) groups is 1. The van der Waals surface area contributed by atoms with Crippen LogP contribution in [-0.4, -0.2) is 25.6 Å². The van der Waals surface area contributed by atoms with Gasteiger partial charge in [-0.25, -0.2) is 0 Å². The Morgan fingerprint density at radius 2 is 2.00 bits per heavy atom. The molecule has 0 bridgehead atoms. The Morgan fingerprint density at radius 1 is 1.26 bits per heavy atom. The highest BCUT2D eigenvalue weighted by atomic mass is 35.5. The first-order valence-electron chi connectivity index (χ1n) is 7.04. The molecule has 1 aromatic rings. The predicted octanol–water partition coefficient (Wildman–Crippen LogP) is 2.85. The van der Waals surface area contributed by atoms with Crippen molar-refractivity contribution in [2.24, 2.45) is 10.9 Å². The van der Waals surface area contributed by atoms with E-state index in [4.69, 9.17) is 11.6 Å². The number of guanidine groups is 1. The highest BCUT2D eigenvalue weighted by molar-refractivity contribution is 6.30. The minimum atomic E-state index is 0.788. The van der Waals surface area contributed by atoms with Gasteiger partial charge in [0.2, 0.25) is 0 Å². The van der Waals surface area contributed by atoms with Gasteiger partial charge in [-0.15, -0.1) is 0 Å². The van der Waals surface area contributed by atoms with Gasteiger partial charge in [0, 0.05) is 24.7 Å². The van der Waals surface area contributed by atoms with Gasteiger partial charge in [-0.1, -0.05) is 23.7 Å². The SMILES string of the molecule is CCNC(=NCC1CC1)NCCc1ccc(Cl)cc1. The fourth-order valence-corrected chi connectivity index (χ4v) is 1.96. The van der Waals surface area contributed by atoms with Crippen LogP contribution in [0.3, 0.4) is 0 Å². The Labute approximate surface area is 120 Å². The Kier molecular flexibility index (Phi) is 5.52. The summed E-state index contributed by atoms with van der Waals surface area (Å²) in [5.41, 5.74) is 1.29. The largest absolute Gasteiger partial charge is 0.357 e. The van der Waals surface area contributed by atoms with E-state index in [-0.39, 0.29) is 0 Å². The van der Waals surface area contributed by atoms with Gasteiger partial charge in [-0.05, 0) is 49.8 Å². The van der Waals surface area contributed by atoms with E-state index in [0.29, 0.717) is 0 Å². The van der Waals surface area contributed by atoms with Crippen LogP contribution in [0, 0.1) is 5.92 Å². The molecule has 2 rings (SSSR count). The molecule has 1 fully saturated rings. The van der Waals surface area contributed by atoms with Crippen LogP contribution in [0.4, 0.5) is 0 Å². The van der Waals surface area contributed by atoms with Gasteiger partial charge < -0.3 is 10.6 Å². The molecule has 104 valence electrons. The molecule has 0 heterocycles. The van der Waals surface area contributed by atoms with Gasteiger partial charge in [0.05, 0.1) is 0 Å². The topological polar surface area (TPSA) is 36.4 Å². The maximum absolute atomic E-state index is 5.87. The van der Waals surface area contributed by atoms with E-state index in [1.165, 1.54) is 18.4 Å². The molecule has 0 unspecified atom stereocenters. The molecule has 1 aliphatic carbocycles. The summed E-state index contributed by atoms with van der Waals surface area (Å²) in [6, 6.07) is 8.00. The molecular formula is C15H22ClN3. The second-order valence-electron chi connectivity index (χ2n) is 4.97. The minimum absolute atomic E-state index is 0.788. The minimum Gasteiger partial charge on any atom is -0.357 e. The van der Waals surface area contributed by atoms with Gasteiger partial charge in [0.25, 0.3) is 0 Å². The van der Waals surface area contributed by atoms with Gasteiger partial charge in [-0.3, -0.25) is 4.99 Å². The Balaban J connectivity index is 1.74. The van der Waals surface area contributed by atoms with Gasteiger partial charge in [0.15, 0.2) is 5.96 Å². The maximum Gasteiger partial charge on any atom is 0.191 e. The zero-order valence-electron chi connectivity index (χ0n) is 11.5. The summed E-state index contributed by atoms with van der Waals surface area (Å²) >= 11 is 5.87. The summed E-state index contributed by atoms with van der Waals surface area (Å²) in [5, 5.41) is 7.44. The number of benzene rings is 1. The lowest BCUT2D eigenvalue weighted by molar-refractivity contribution is 0.777. The molecule has 19 heavy (non-hydrogen) atoms. The van der Waals surface area contributed by atoms with Crippen LogP contribution in [0.25, 0.3) is 0 Å². The Morgan fingerprint density at radius 3 is 2.63 bits per heavy atom. The molecule has 4 heteroatoms. The van der Waals surface area contributed by atoms with Gasteiger partial charge >= 0.3 is 0 Å². The van der Waals surface area contributed by atoms with E-state index in [0.717, 1.165) is 43.0 Å². The Bertz CT molecular complexity index is 410. The monoisotopic (exact) mass is 279 g/mol. The molecule has 0 radical (unpaired) electrons. The van der Waals surface area contributed by atoms with Crippen molar-refractivity contribution in [3.05, 3.63) is 34.9 Å². The second-order valence-corrected chi connectivity index (χ2v) is 5.40. The van der Waals surface area contributed by atoms with Crippen molar-refractivity contribution < 1.29 is 0 Å². The van der Waals surface area contributed by atoms with E-state index in [1.54, 1.807) is 0 Å². The second kappa shape index (κ2) is 7.39. The lowest BCUT2D eigenvalue weighted by Gasteiger charge is -2.11. The average Bonchev–Trinajstić information content (AvgIpc) is 3.22. The third-order valence-electron chi connectivity index (χ3n) is 3.17. The molecule has 1 aliphatic rings. The molecule has 0 spiro atoms. The van der Waals surface area contributed by atoms with Crippen molar-refractivity contribution >= 4 is 17.6 Å². The molecule has 1 saturated carbocycles. The number of rotatable bonds is 6. The molecule has 0 atom stereocenters. The standard InChI is InChI=1S/C15H22ClN3/c1-2-17-15(19-11-13-3-4-13)18-10-9-12-5-7-14(16)8-6-12/h5-8,13H,2-4,9-11H2,1H3,(H2,17,18,19). The first-order chi connectivity index (χ1) is 9.28. The summed E-state index contributed by atoms with van der Waals surface area (Å²) in [7, 11) is 0. The lowest BCUT2D eigenvalue weighted by atomic mass is 10.1. The summed E-state index contributed by atoms with van der Waals surface area (Å²) in [5.74, 6) is 1.76. The number of hydrogen-bond acceptors (Lipinski definition) is 1. The summed E-state index contributed by atoms with van der Waals surface area (Å²) < 4.78 is 0. The third-order valence-corrected chi connectivity index (χ3v) is 3.42. The number of nitrogens with one attached hydrogen (secondary N) is 2. The molecule has 0 amide bonds. The summed E-state index contributed by atoms with van der Waals surface area (Å²) in [4.78, 5) is 4.59. The molecule has 0 aromatic heterocycles. The van der Waals surface area contributed by atoms with Crippen LogP contribution in [-0.2, 0) is 6.42 Å². The third kappa shape index (κ3) is 5.52. The Hall–Kier alpha value is -1.22. The fraction of sp³-hybridized carbons (Fsp3) is 0.533. The van der Waals surface area contributed by atoms with Crippen molar-refractivity contribution in [3.63, 3.8) is 0 Å². The highest BCUT2D eigenvalue weighted by Gasteiger charge is 2.20. The predicted molar refractivity (Wildman–Crippen MR) is 81.9 cm³/mol. The fourth-order valence-electron chi connectivity index (χ4n) is 1.84. The van der Waals surface area contributed by atoms with Crippen LogP contribution >= 0.6 is 11.6 Å². The van der Waals surface area contributed by atoms with E-state index in [2.05, 4.69) is 34.7 Å². The smallest absolute Gasteiger partial charge is 0.191 e. The molecule has 3 nitrogen and oxygen atoms in total. The summed E-state index contributed by atoms with van der Waals surface area (Å²) in [6.07, 6.45) is 3.66. The van der Waals surface area contributed by atoms with Crippen LogP contribution in [0.1, 0.15) is 25.3 Å². The number of halogens is 1. The maximum atomic E-state index is 5.87. The van der Waals surface area contributed by atoms with E-state index in [1.807, 2.05) is 12.1 Å².